The molecule has 1 N–H and O–H groups in total. The number of aromatic nitrogens is 3. The van der Waals surface area contributed by atoms with Gasteiger partial charge in [-0.3, -0.25) is 14.7 Å². The molecule has 2 aromatic heterocycles. The second kappa shape index (κ2) is 7.05. The number of nitrogens with one attached hydrogen (secondary N) is 1. The second-order valence-corrected chi connectivity index (χ2v) is 6.40. The van der Waals surface area contributed by atoms with Crippen molar-refractivity contribution in [1.29, 1.82) is 0 Å². The van der Waals surface area contributed by atoms with E-state index in [1.165, 1.54) is 11.1 Å². The third kappa shape index (κ3) is 3.48. The predicted octanol–water partition coefficient (Wildman–Crippen LogP) is 2.32. The van der Waals surface area contributed by atoms with Crippen LogP contribution in [0, 0.1) is 0 Å². The highest BCUT2D eigenvalue weighted by molar-refractivity contribution is 5.78. The maximum atomic E-state index is 12.4. The molecule has 0 saturated heterocycles. The third-order valence-corrected chi connectivity index (χ3v) is 4.38. The van der Waals surface area contributed by atoms with E-state index in [1.807, 2.05) is 31.2 Å². The van der Waals surface area contributed by atoms with Crippen LogP contribution in [0.1, 0.15) is 30.0 Å². The molecule has 3 heterocycles. The highest BCUT2D eigenvalue weighted by atomic mass is 16.5. The Morgan fingerprint density at radius 1 is 1.23 bits per heavy atom. The van der Waals surface area contributed by atoms with Crippen LogP contribution >= 0.6 is 0 Å². The quantitative estimate of drug-likeness (QED) is 0.761. The van der Waals surface area contributed by atoms with Gasteiger partial charge in [-0.25, -0.2) is 0 Å². The Morgan fingerprint density at radius 3 is 2.69 bits per heavy atom. The van der Waals surface area contributed by atoms with Gasteiger partial charge >= 0.3 is 0 Å². The molecule has 4 rings (SSSR count). The van der Waals surface area contributed by atoms with Gasteiger partial charge in [0, 0.05) is 31.0 Å². The highest BCUT2D eigenvalue weighted by Crippen LogP contribution is 2.22. The molecule has 1 aliphatic heterocycles. The van der Waals surface area contributed by atoms with Crippen molar-refractivity contribution in [3.05, 3.63) is 65.8 Å². The number of fused-ring (bicyclic) bond motifs is 1. The Labute approximate surface area is 151 Å². The molecule has 132 valence electrons. The molecule has 1 aliphatic rings. The van der Waals surface area contributed by atoms with Crippen molar-refractivity contribution in [1.82, 2.24) is 25.3 Å². The number of benzene rings is 1. The lowest BCUT2D eigenvalue weighted by molar-refractivity contribution is -0.123. The van der Waals surface area contributed by atoms with Crippen LogP contribution in [0.25, 0.3) is 11.4 Å². The van der Waals surface area contributed by atoms with Crippen molar-refractivity contribution in [2.45, 2.75) is 26.1 Å². The Morgan fingerprint density at radius 2 is 2.00 bits per heavy atom. The van der Waals surface area contributed by atoms with Gasteiger partial charge in [0.15, 0.2) is 0 Å². The lowest BCUT2D eigenvalue weighted by Gasteiger charge is -2.16. The summed E-state index contributed by atoms with van der Waals surface area (Å²) in [6.07, 6.45) is 3.35. The summed E-state index contributed by atoms with van der Waals surface area (Å²) in [6, 6.07) is 11.6. The first-order valence-corrected chi connectivity index (χ1v) is 8.51. The lowest BCUT2D eigenvalue weighted by Crippen LogP contribution is -2.36. The van der Waals surface area contributed by atoms with Gasteiger partial charge in [-0.1, -0.05) is 29.4 Å². The summed E-state index contributed by atoms with van der Waals surface area (Å²) in [5, 5.41) is 6.88. The van der Waals surface area contributed by atoms with Crippen LogP contribution in [-0.4, -0.2) is 32.5 Å². The molecule has 26 heavy (non-hydrogen) atoms. The molecule has 1 amide bonds. The number of hydrogen-bond acceptors (Lipinski definition) is 6. The molecule has 1 aromatic carbocycles. The summed E-state index contributed by atoms with van der Waals surface area (Å²) >= 11 is 0. The van der Waals surface area contributed by atoms with Crippen LogP contribution < -0.4 is 5.32 Å². The summed E-state index contributed by atoms with van der Waals surface area (Å²) in [7, 11) is 0. The molecule has 0 saturated carbocycles. The minimum atomic E-state index is -0.356. The minimum Gasteiger partial charge on any atom is -0.343 e. The molecule has 0 radical (unpaired) electrons. The van der Waals surface area contributed by atoms with Crippen LogP contribution in [0.5, 0.6) is 0 Å². The first kappa shape index (κ1) is 16.4. The van der Waals surface area contributed by atoms with E-state index in [0.29, 0.717) is 18.3 Å². The summed E-state index contributed by atoms with van der Waals surface area (Å²) in [5.41, 5.74) is 3.34. The lowest BCUT2D eigenvalue weighted by atomic mass is 10.1. The molecular formula is C19H19N5O2. The number of hydrogen-bond donors (Lipinski definition) is 1. The van der Waals surface area contributed by atoms with Gasteiger partial charge < -0.3 is 9.84 Å². The Balaban J connectivity index is 1.34. The van der Waals surface area contributed by atoms with Crippen LogP contribution in [0.2, 0.25) is 0 Å². The summed E-state index contributed by atoms with van der Waals surface area (Å²) in [5.74, 6) is 0.775. The van der Waals surface area contributed by atoms with Crippen LogP contribution in [0.3, 0.4) is 0 Å². The fourth-order valence-electron chi connectivity index (χ4n) is 3.09. The predicted molar refractivity (Wildman–Crippen MR) is 94.6 cm³/mol. The van der Waals surface area contributed by atoms with Gasteiger partial charge in [0.2, 0.25) is 17.6 Å². The molecule has 7 heteroatoms. The number of amides is 1. The van der Waals surface area contributed by atoms with Crippen LogP contribution in [-0.2, 0) is 17.9 Å². The number of pyridine rings is 1. The summed E-state index contributed by atoms with van der Waals surface area (Å²) in [4.78, 5) is 22.9. The van der Waals surface area contributed by atoms with E-state index in [-0.39, 0.29) is 11.9 Å². The fourth-order valence-corrected chi connectivity index (χ4v) is 3.09. The van der Waals surface area contributed by atoms with Crippen LogP contribution in [0.15, 0.2) is 53.3 Å². The van der Waals surface area contributed by atoms with Gasteiger partial charge in [-0.15, -0.1) is 0 Å². The fraction of sp³-hybridized carbons (Fsp3) is 0.263. The second-order valence-electron chi connectivity index (χ2n) is 6.40. The van der Waals surface area contributed by atoms with Crippen molar-refractivity contribution < 1.29 is 9.32 Å². The van der Waals surface area contributed by atoms with E-state index >= 15 is 0 Å². The molecule has 0 fully saturated rings. The highest BCUT2D eigenvalue weighted by Gasteiger charge is 2.22. The zero-order chi connectivity index (χ0) is 17.9. The molecule has 7 nitrogen and oxygen atoms in total. The monoisotopic (exact) mass is 349 g/mol. The zero-order valence-electron chi connectivity index (χ0n) is 14.4. The molecule has 3 aromatic rings. The van der Waals surface area contributed by atoms with Crippen molar-refractivity contribution in [2.75, 3.05) is 6.54 Å². The first-order chi connectivity index (χ1) is 12.7. The number of rotatable bonds is 5. The van der Waals surface area contributed by atoms with Gasteiger partial charge in [0.05, 0.1) is 6.54 Å². The minimum absolute atomic E-state index is 0.0635. The number of carbonyl (C=O) groups is 1. The Hall–Kier alpha value is -3.06. The van der Waals surface area contributed by atoms with Crippen molar-refractivity contribution in [2.24, 2.45) is 0 Å². The molecule has 0 bridgehead atoms. The summed E-state index contributed by atoms with van der Waals surface area (Å²) in [6.45, 7) is 3.76. The van der Waals surface area contributed by atoms with Crippen molar-refractivity contribution in [3.8, 4) is 11.4 Å². The molecule has 1 atom stereocenters. The van der Waals surface area contributed by atoms with E-state index in [9.17, 15) is 4.79 Å². The van der Waals surface area contributed by atoms with Crippen molar-refractivity contribution in [3.63, 3.8) is 0 Å². The number of nitrogens with zero attached hydrogens (tertiary/aromatic N) is 4. The van der Waals surface area contributed by atoms with Gasteiger partial charge in [-0.05, 0) is 30.2 Å². The van der Waals surface area contributed by atoms with E-state index in [0.717, 1.165) is 18.7 Å². The van der Waals surface area contributed by atoms with Gasteiger partial charge in [-0.2, -0.15) is 4.98 Å². The molecule has 0 aliphatic carbocycles. The standard InChI is InChI=1S/C19H19N5O2/c1-13(19-22-18(23-26-19)14-7-4-8-20-9-14)21-17(25)12-24-10-15-5-2-3-6-16(15)11-24/h2-9,13H,10-12H2,1H3,(H,21,25)/t13-/m1/s1. The Bertz CT molecular complexity index is 884. The smallest absolute Gasteiger partial charge is 0.249 e. The largest absolute Gasteiger partial charge is 0.343 e. The third-order valence-electron chi connectivity index (χ3n) is 4.38. The van der Waals surface area contributed by atoms with Crippen molar-refractivity contribution >= 4 is 5.91 Å². The van der Waals surface area contributed by atoms with E-state index in [2.05, 4.69) is 37.5 Å². The van der Waals surface area contributed by atoms with E-state index in [1.54, 1.807) is 12.4 Å². The van der Waals surface area contributed by atoms with Gasteiger partial charge in [0.1, 0.15) is 6.04 Å². The SMILES string of the molecule is C[C@@H](NC(=O)CN1Cc2ccccc2C1)c1nc(-c2cccnc2)no1. The maximum absolute atomic E-state index is 12.4. The first-order valence-electron chi connectivity index (χ1n) is 8.51. The molecular weight excluding hydrogens is 330 g/mol. The average molecular weight is 349 g/mol. The maximum Gasteiger partial charge on any atom is 0.249 e. The average Bonchev–Trinajstić information content (AvgIpc) is 3.29. The van der Waals surface area contributed by atoms with E-state index < -0.39 is 0 Å². The van der Waals surface area contributed by atoms with Gasteiger partial charge in [0.25, 0.3) is 0 Å². The summed E-state index contributed by atoms with van der Waals surface area (Å²) < 4.78 is 5.29. The zero-order valence-corrected chi connectivity index (χ0v) is 14.4. The van der Waals surface area contributed by atoms with E-state index in [4.69, 9.17) is 4.52 Å². The number of carbonyl (C=O) groups excluding carboxylic acids is 1. The Kier molecular flexibility index (Phi) is 4.45. The normalized spacial score (nSPS) is 14.8. The van der Waals surface area contributed by atoms with Crippen LogP contribution in [0.4, 0.5) is 0 Å². The topological polar surface area (TPSA) is 84.2 Å². The molecule has 0 unspecified atom stereocenters. The molecule has 0 spiro atoms.